The van der Waals surface area contributed by atoms with Crippen LogP contribution in [0.15, 0.2) is 76.6 Å². The van der Waals surface area contributed by atoms with Gasteiger partial charge < -0.3 is 9.88 Å². The number of thiazole rings is 1. The molecule has 0 radical (unpaired) electrons. The molecule has 1 aliphatic heterocycles. The molecular formula is C27H26N4O4S2. The zero-order valence-corrected chi connectivity index (χ0v) is 22.1. The van der Waals surface area contributed by atoms with E-state index in [-0.39, 0.29) is 10.8 Å². The minimum atomic E-state index is -3.76. The van der Waals surface area contributed by atoms with E-state index in [9.17, 15) is 18.0 Å². The van der Waals surface area contributed by atoms with Gasteiger partial charge in [0.2, 0.25) is 5.91 Å². The van der Waals surface area contributed by atoms with Gasteiger partial charge in [0.15, 0.2) is 4.80 Å². The first-order chi connectivity index (χ1) is 17.8. The van der Waals surface area contributed by atoms with Crippen molar-refractivity contribution in [3.05, 3.63) is 82.7 Å². The molecule has 3 aromatic carbocycles. The van der Waals surface area contributed by atoms with Crippen LogP contribution >= 0.6 is 11.3 Å². The molecule has 4 aromatic rings. The van der Waals surface area contributed by atoms with Crippen LogP contribution in [-0.2, 0) is 27.8 Å². The molecule has 2 amide bonds. The van der Waals surface area contributed by atoms with Crippen molar-refractivity contribution in [2.24, 2.45) is 4.99 Å². The van der Waals surface area contributed by atoms with Gasteiger partial charge in [0.25, 0.3) is 15.9 Å². The van der Waals surface area contributed by atoms with Crippen LogP contribution in [0.2, 0.25) is 0 Å². The number of hydrogen-bond donors (Lipinski definition) is 1. The number of carbonyl (C=O) groups is 2. The van der Waals surface area contributed by atoms with Crippen LogP contribution in [0.1, 0.15) is 36.2 Å². The Balaban J connectivity index is 1.44. The fourth-order valence-electron chi connectivity index (χ4n) is 4.54. The van der Waals surface area contributed by atoms with Crippen molar-refractivity contribution in [3.63, 3.8) is 0 Å². The molecule has 37 heavy (non-hydrogen) atoms. The van der Waals surface area contributed by atoms with Gasteiger partial charge in [-0.3, -0.25) is 13.9 Å². The summed E-state index contributed by atoms with van der Waals surface area (Å²) in [4.78, 5) is 29.4. The molecule has 0 aliphatic carbocycles. The highest BCUT2D eigenvalue weighted by Crippen LogP contribution is 2.32. The molecule has 0 fully saturated rings. The minimum Gasteiger partial charge on any atom is -0.326 e. The second-order valence-electron chi connectivity index (χ2n) is 8.74. The molecule has 0 atom stereocenters. The summed E-state index contributed by atoms with van der Waals surface area (Å²) in [6, 6.07) is 19.0. The molecule has 190 valence electrons. The predicted molar refractivity (Wildman–Crippen MR) is 145 cm³/mol. The van der Waals surface area contributed by atoms with Crippen molar-refractivity contribution in [3.8, 4) is 0 Å². The first-order valence-corrected chi connectivity index (χ1v) is 14.2. The second-order valence-corrected chi connectivity index (χ2v) is 11.6. The molecule has 1 aliphatic rings. The number of aromatic nitrogens is 1. The third kappa shape index (κ3) is 4.82. The van der Waals surface area contributed by atoms with Crippen LogP contribution in [0.25, 0.3) is 10.2 Å². The van der Waals surface area contributed by atoms with E-state index in [1.165, 1.54) is 46.8 Å². The summed E-state index contributed by atoms with van der Waals surface area (Å²) in [7, 11) is -3.76. The molecule has 0 saturated carbocycles. The average Bonchev–Trinajstić information content (AvgIpc) is 3.24. The third-order valence-corrected chi connectivity index (χ3v) is 9.14. The van der Waals surface area contributed by atoms with E-state index in [0.717, 1.165) is 28.6 Å². The Bertz CT molecular complexity index is 1690. The number of nitrogens with one attached hydrogen (secondary N) is 1. The van der Waals surface area contributed by atoms with Crippen molar-refractivity contribution in [1.82, 2.24) is 4.57 Å². The first kappa shape index (κ1) is 24.9. The van der Waals surface area contributed by atoms with Gasteiger partial charge in [-0.25, -0.2) is 8.42 Å². The van der Waals surface area contributed by atoms with Crippen molar-refractivity contribution in [1.29, 1.82) is 0 Å². The fourth-order valence-corrected chi connectivity index (χ4v) is 7.21. The summed E-state index contributed by atoms with van der Waals surface area (Å²) >= 11 is 1.35. The van der Waals surface area contributed by atoms with E-state index in [4.69, 9.17) is 0 Å². The number of para-hydroxylation sites is 1. The molecule has 0 unspecified atom stereocenters. The summed E-state index contributed by atoms with van der Waals surface area (Å²) in [6.45, 7) is 4.45. The van der Waals surface area contributed by atoms with E-state index in [1.54, 1.807) is 0 Å². The minimum absolute atomic E-state index is 0.136. The summed E-state index contributed by atoms with van der Waals surface area (Å²) < 4.78 is 31.1. The van der Waals surface area contributed by atoms with Gasteiger partial charge in [-0.1, -0.05) is 29.5 Å². The van der Waals surface area contributed by atoms with E-state index in [2.05, 4.69) is 10.3 Å². The zero-order chi connectivity index (χ0) is 26.2. The van der Waals surface area contributed by atoms with Crippen molar-refractivity contribution in [2.45, 2.75) is 38.1 Å². The van der Waals surface area contributed by atoms with Crippen LogP contribution in [-0.4, -0.2) is 31.3 Å². The molecule has 1 aromatic heterocycles. The largest absolute Gasteiger partial charge is 0.326 e. The number of benzene rings is 3. The Hall–Kier alpha value is -3.76. The summed E-state index contributed by atoms with van der Waals surface area (Å²) in [5.41, 5.74) is 3.61. The highest BCUT2D eigenvalue weighted by molar-refractivity contribution is 7.92. The number of rotatable bonds is 5. The lowest BCUT2D eigenvalue weighted by atomic mass is 10.0. The van der Waals surface area contributed by atoms with Crippen molar-refractivity contribution >= 4 is 54.8 Å². The van der Waals surface area contributed by atoms with Gasteiger partial charge in [0.05, 0.1) is 20.8 Å². The van der Waals surface area contributed by atoms with E-state index < -0.39 is 15.9 Å². The molecule has 2 heterocycles. The van der Waals surface area contributed by atoms with Gasteiger partial charge >= 0.3 is 0 Å². The van der Waals surface area contributed by atoms with Crippen LogP contribution < -0.4 is 14.4 Å². The average molecular weight is 535 g/mol. The van der Waals surface area contributed by atoms with E-state index in [0.29, 0.717) is 34.8 Å². The van der Waals surface area contributed by atoms with E-state index in [1.807, 2.05) is 54.0 Å². The maximum atomic E-state index is 13.4. The molecule has 0 bridgehead atoms. The van der Waals surface area contributed by atoms with Gasteiger partial charge in [0, 0.05) is 31.3 Å². The number of sulfonamides is 1. The number of carbonyl (C=O) groups excluding carboxylic acids is 2. The number of hydrogen-bond acceptors (Lipinski definition) is 5. The van der Waals surface area contributed by atoms with Crippen LogP contribution in [0.3, 0.4) is 0 Å². The molecule has 0 saturated heterocycles. The Kier molecular flexibility index (Phi) is 6.70. The Labute approximate surface area is 218 Å². The van der Waals surface area contributed by atoms with Crippen molar-refractivity contribution < 1.29 is 18.0 Å². The maximum Gasteiger partial charge on any atom is 0.279 e. The Morgan fingerprint density at radius 2 is 1.81 bits per heavy atom. The molecule has 5 rings (SSSR count). The summed E-state index contributed by atoms with van der Waals surface area (Å²) in [5, 5.41) is 2.77. The summed E-state index contributed by atoms with van der Waals surface area (Å²) in [5.74, 6) is -0.613. The van der Waals surface area contributed by atoms with Gasteiger partial charge in [-0.15, -0.1) is 0 Å². The number of anilines is 2. The monoisotopic (exact) mass is 534 g/mol. The first-order valence-electron chi connectivity index (χ1n) is 12.0. The highest BCUT2D eigenvalue weighted by Gasteiger charge is 2.29. The zero-order valence-electron chi connectivity index (χ0n) is 20.5. The molecule has 8 nitrogen and oxygen atoms in total. The lowest BCUT2D eigenvalue weighted by Gasteiger charge is -2.30. The topological polar surface area (TPSA) is 101 Å². The smallest absolute Gasteiger partial charge is 0.279 e. The molecule has 10 heteroatoms. The normalized spacial score (nSPS) is 14.0. The Morgan fingerprint density at radius 1 is 1.05 bits per heavy atom. The third-order valence-electron chi connectivity index (χ3n) is 6.27. The van der Waals surface area contributed by atoms with Crippen LogP contribution in [0.4, 0.5) is 11.4 Å². The van der Waals surface area contributed by atoms with E-state index >= 15 is 0 Å². The SMILES string of the molecule is CCn1c(=NC(=O)c2ccc(S(=O)(=O)N3CCCc4ccccc43)cc2)sc2cc(NC(C)=O)ccc21. The highest BCUT2D eigenvalue weighted by atomic mass is 32.2. The fraction of sp³-hybridized carbons (Fsp3) is 0.222. The number of amides is 2. The van der Waals surface area contributed by atoms with Crippen molar-refractivity contribution in [2.75, 3.05) is 16.2 Å². The number of aryl methyl sites for hydroxylation is 2. The van der Waals surface area contributed by atoms with Crippen LogP contribution in [0.5, 0.6) is 0 Å². The standard InChI is InChI=1S/C27H26N4O4S2/c1-3-30-24-15-12-21(28-18(2)32)17-25(24)36-27(30)29-26(33)20-10-13-22(14-11-20)37(34,35)31-16-6-8-19-7-4-5-9-23(19)31/h4-5,7,9-15,17H,3,6,8,16H2,1-2H3,(H,28,32). The number of fused-ring (bicyclic) bond motifs is 2. The summed E-state index contributed by atoms with van der Waals surface area (Å²) in [6.07, 6.45) is 1.60. The lowest BCUT2D eigenvalue weighted by Crippen LogP contribution is -2.35. The maximum absolute atomic E-state index is 13.4. The van der Waals surface area contributed by atoms with Gasteiger partial charge in [0.1, 0.15) is 0 Å². The van der Waals surface area contributed by atoms with Crippen LogP contribution in [0, 0.1) is 0 Å². The van der Waals surface area contributed by atoms with Gasteiger partial charge in [-0.2, -0.15) is 4.99 Å². The van der Waals surface area contributed by atoms with Gasteiger partial charge in [-0.05, 0) is 73.9 Å². The Morgan fingerprint density at radius 3 is 2.54 bits per heavy atom. The lowest BCUT2D eigenvalue weighted by molar-refractivity contribution is -0.114. The molecular weight excluding hydrogens is 508 g/mol. The predicted octanol–water partition coefficient (Wildman–Crippen LogP) is 4.56. The number of nitrogens with zero attached hydrogens (tertiary/aromatic N) is 3. The molecule has 1 N–H and O–H groups in total. The quantitative estimate of drug-likeness (QED) is 0.406. The second kappa shape index (κ2) is 9.95. The molecule has 0 spiro atoms.